The van der Waals surface area contributed by atoms with Crippen molar-refractivity contribution in [2.24, 2.45) is 0 Å². The molecule has 0 spiro atoms. The van der Waals surface area contributed by atoms with E-state index < -0.39 is 15.2 Å². The largest absolute Gasteiger partial charge is 0.352 e. The average molecular weight is 242 g/mol. The lowest BCUT2D eigenvalue weighted by molar-refractivity contribution is 0.367. The minimum Gasteiger partial charge on any atom is -0.321 e. The summed E-state index contributed by atoms with van der Waals surface area (Å²) >= 11 is 0. The van der Waals surface area contributed by atoms with Crippen molar-refractivity contribution < 1.29 is 28.7 Å². The first-order valence-corrected chi connectivity index (χ1v) is 7.29. The summed E-state index contributed by atoms with van der Waals surface area (Å²) in [5.74, 6) is 0. The van der Waals surface area contributed by atoms with Crippen molar-refractivity contribution in [3.63, 3.8) is 0 Å². The van der Waals surface area contributed by atoms with Gasteiger partial charge in [-0.25, -0.2) is 0 Å². The van der Waals surface area contributed by atoms with Gasteiger partial charge in [0.15, 0.2) is 0 Å². The maximum atomic E-state index is 10.9. The van der Waals surface area contributed by atoms with Gasteiger partial charge in [-0.3, -0.25) is 9.13 Å². The highest BCUT2D eigenvalue weighted by Gasteiger charge is 2.34. The van der Waals surface area contributed by atoms with Gasteiger partial charge in [0, 0.05) is 0 Å². The van der Waals surface area contributed by atoms with Crippen molar-refractivity contribution in [1.82, 2.24) is 0 Å². The quantitative estimate of drug-likeness (QED) is 0.539. The molecule has 0 saturated heterocycles. The first-order chi connectivity index (χ1) is 6.23. The van der Waals surface area contributed by atoms with Gasteiger partial charge < -0.3 is 19.6 Å². The van der Waals surface area contributed by atoms with Gasteiger partial charge in [0.05, 0.1) is 10.6 Å². The fourth-order valence-electron chi connectivity index (χ4n) is 1.50. The molecule has 8 heteroatoms. The Morgan fingerprint density at radius 3 is 1.29 bits per heavy atom. The number of hydrogen-bond donors (Lipinski definition) is 4. The predicted octanol–water partition coefficient (Wildman–Crippen LogP) is 1.13. The molecule has 1 rings (SSSR count). The molecule has 14 heavy (non-hydrogen) atoms. The first kappa shape index (κ1) is 12.1. The molecule has 0 aliphatic heterocycles. The van der Waals surface area contributed by atoms with Crippen LogP contribution in [0.1, 0.15) is 25.7 Å². The SMILES string of the molecule is O=P(O)(O)C1=C(P(=O)(O)O)CCCC1. The minimum absolute atomic E-state index is 0.0741. The first-order valence-electron chi connectivity index (χ1n) is 4.07. The molecule has 1 aliphatic rings. The molecule has 0 aromatic rings. The standard InChI is InChI=1S/C6H12O6P2/c7-13(8,9)5-3-1-2-4-6(5)14(10,11)12/h1-4H2,(H2,7,8,9)(H2,10,11,12). The van der Waals surface area contributed by atoms with Crippen LogP contribution in [0.15, 0.2) is 10.6 Å². The Kier molecular flexibility index (Phi) is 3.37. The molecule has 0 aromatic carbocycles. The molecule has 0 bridgehead atoms. The Labute approximate surface area is 81.0 Å². The zero-order valence-electron chi connectivity index (χ0n) is 7.33. The molecule has 0 aromatic heterocycles. The van der Waals surface area contributed by atoms with E-state index in [2.05, 4.69) is 0 Å². The van der Waals surface area contributed by atoms with Crippen LogP contribution in [0.25, 0.3) is 0 Å². The molecule has 0 unspecified atom stereocenters. The number of allylic oxidation sites excluding steroid dienone is 2. The molecule has 82 valence electrons. The third-order valence-electron chi connectivity index (χ3n) is 2.11. The summed E-state index contributed by atoms with van der Waals surface area (Å²) < 4.78 is 21.9. The predicted molar refractivity (Wildman–Crippen MR) is 49.6 cm³/mol. The highest BCUT2D eigenvalue weighted by molar-refractivity contribution is 7.61. The van der Waals surface area contributed by atoms with Gasteiger partial charge in [0.1, 0.15) is 0 Å². The van der Waals surface area contributed by atoms with Crippen molar-refractivity contribution in [1.29, 1.82) is 0 Å². The lowest BCUT2D eigenvalue weighted by Crippen LogP contribution is -2.01. The Morgan fingerprint density at radius 1 is 0.786 bits per heavy atom. The third-order valence-corrected chi connectivity index (χ3v) is 4.68. The lowest BCUT2D eigenvalue weighted by atomic mass is 10.1. The highest BCUT2D eigenvalue weighted by atomic mass is 31.2. The van der Waals surface area contributed by atoms with Crippen molar-refractivity contribution in [3.05, 3.63) is 10.6 Å². The van der Waals surface area contributed by atoms with Crippen LogP contribution in [0.5, 0.6) is 0 Å². The number of hydrogen-bond acceptors (Lipinski definition) is 2. The topological polar surface area (TPSA) is 115 Å². The molecule has 0 amide bonds. The summed E-state index contributed by atoms with van der Waals surface area (Å²) in [6.07, 6.45) is 1.27. The van der Waals surface area contributed by atoms with E-state index in [1.54, 1.807) is 0 Å². The van der Waals surface area contributed by atoms with Crippen LogP contribution in [0.2, 0.25) is 0 Å². The summed E-state index contributed by atoms with van der Waals surface area (Å²) in [6.45, 7) is 0. The molecule has 0 fully saturated rings. The van der Waals surface area contributed by atoms with Crippen LogP contribution in [0.4, 0.5) is 0 Å². The van der Waals surface area contributed by atoms with Gasteiger partial charge in [-0.2, -0.15) is 0 Å². The van der Waals surface area contributed by atoms with E-state index in [-0.39, 0.29) is 23.5 Å². The van der Waals surface area contributed by atoms with Gasteiger partial charge in [0.2, 0.25) is 0 Å². The van der Waals surface area contributed by atoms with E-state index in [0.717, 1.165) is 0 Å². The molecular formula is C6H12O6P2. The second kappa shape index (κ2) is 3.89. The fraction of sp³-hybridized carbons (Fsp3) is 0.667. The van der Waals surface area contributed by atoms with Crippen molar-refractivity contribution >= 4 is 15.2 Å². The molecular weight excluding hydrogens is 230 g/mol. The molecule has 4 N–H and O–H groups in total. The van der Waals surface area contributed by atoms with Crippen LogP contribution < -0.4 is 0 Å². The summed E-state index contributed by atoms with van der Waals surface area (Å²) in [5, 5.41) is -0.728. The Bertz CT molecular complexity index is 313. The summed E-state index contributed by atoms with van der Waals surface area (Å²) in [6, 6.07) is 0. The van der Waals surface area contributed by atoms with E-state index in [9.17, 15) is 9.13 Å². The molecule has 0 radical (unpaired) electrons. The Balaban J connectivity index is 3.24. The van der Waals surface area contributed by atoms with Crippen LogP contribution in [-0.4, -0.2) is 19.6 Å². The Hall–Kier alpha value is 0.0400. The van der Waals surface area contributed by atoms with Gasteiger partial charge in [-0.1, -0.05) is 0 Å². The van der Waals surface area contributed by atoms with Crippen molar-refractivity contribution in [2.45, 2.75) is 25.7 Å². The number of rotatable bonds is 2. The summed E-state index contributed by atoms with van der Waals surface area (Å²) in [4.78, 5) is 35.5. The lowest BCUT2D eigenvalue weighted by Gasteiger charge is -2.21. The third kappa shape index (κ3) is 2.76. The second-order valence-electron chi connectivity index (χ2n) is 3.19. The second-order valence-corrected chi connectivity index (χ2v) is 6.44. The van der Waals surface area contributed by atoms with Crippen LogP contribution in [0, 0.1) is 0 Å². The average Bonchev–Trinajstić information content (AvgIpc) is 2.01. The van der Waals surface area contributed by atoms with E-state index >= 15 is 0 Å². The van der Waals surface area contributed by atoms with E-state index in [4.69, 9.17) is 19.6 Å². The van der Waals surface area contributed by atoms with E-state index in [1.165, 1.54) is 0 Å². The normalized spacial score (nSPS) is 20.0. The monoisotopic (exact) mass is 242 g/mol. The van der Waals surface area contributed by atoms with Gasteiger partial charge >= 0.3 is 15.2 Å². The summed E-state index contributed by atoms with van der Waals surface area (Å²) in [5.41, 5.74) is 0. The maximum absolute atomic E-state index is 10.9. The van der Waals surface area contributed by atoms with Crippen LogP contribution in [0.3, 0.4) is 0 Å². The van der Waals surface area contributed by atoms with E-state index in [0.29, 0.717) is 12.8 Å². The molecule has 0 atom stereocenters. The minimum atomic E-state index is -4.51. The van der Waals surface area contributed by atoms with Gasteiger partial charge in [0.25, 0.3) is 0 Å². The van der Waals surface area contributed by atoms with Crippen molar-refractivity contribution in [3.8, 4) is 0 Å². The molecule has 0 saturated carbocycles. The van der Waals surface area contributed by atoms with Gasteiger partial charge in [-0.15, -0.1) is 0 Å². The van der Waals surface area contributed by atoms with E-state index in [1.807, 2.05) is 0 Å². The molecule has 1 aliphatic carbocycles. The highest BCUT2D eigenvalue weighted by Crippen LogP contribution is 2.60. The fourth-order valence-corrected chi connectivity index (χ4v) is 4.08. The maximum Gasteiger partial charge on any atom is 0.352 e. The summed E-state index contributed by atoms with van der Waals surface area (Å²) in [7, 11) is -9.01. The smallest absolute Gasteiger partial charge is 0.321 e. The zero-order valence-corrected chi connectivity index (χ0v) is 9.12. The van der Waals surface area contributed by atoms with Gasteiger partial charge in [-0.05, 0) is 25.7 Å². The molecule has 6 nitrogen and oxygen atoms in total. The van der Waals surface area contributed by atoms with Crippen molar-refractivity contribution in [2.75, 3.05) is 0 Å². The van der Waals surface area contributed by atoms with Crippen LogP contribution in [-0.2, 0) is 9.13 Å². The molecule has 0 heterocycles. The Morgan fingerprint density at radius 2 is 1.07 bits per heavy atom. The van der Waals surface area contributed by atoms with Crippen LogP contribution >= 0.6 is 15.2 Å². The zero-order chi connectivity index (χ0) is 11.0.